The molecule has 1 aromatic carbocycles. The summed E-state index contributed by atoms with van der Waals surface area (Å²) in [4.78, 5) is 11.6. The summed E-state index contributed by atoms with van der Waals surface area (Å²) in [6.07, 6.45) is 2.46. The third kappa shape index (κ3) is 4.56. The van der Waals surface area contributed by atoms with E-state index in [1.807, 2.05) is 0 Å². The number of hydrogen-bond donors (Lipinski definition) is 1. The predicted molar refractivity (Wildman–Crippen MR) is 71.2 cm³/mol. The minimum absolute atomic E-state index is 0.104. The van der Waals surface area contributed by atoms with Gasteiger partial charge in [0, 0.05) is 32.2 Å². The highest BCUT2D eigenvalue weighted by atomic mass is 19.1. The van der Waals surface area contributed by atoms with Crippen LogP contribution in [0.2, 0.25) is 0 Å². The van der Waals surface area contributed by atoms with Crippen molar-refractivity contribution in [1.82, 2.24) is 5.32 Å². The number of nitrogens with one attached hydrogen (secondary N) is 1. The molecule has 0 aromatic heterocycles. The van der Waals surface area contributed by atoms with Crippen LogP contribution < -0.4 is 5.32 Å². The van der Waals surface area contributed by atoms with Gasteiger partial charge in [0.05, 0.1) is 0 Å². The number of halogens is 2. The highest BCUT2D eigenvalue weighted by molar-refractivity contribution is 5.76. The summed E-state index contributed by atoms with van der Waals surface area (Å²) in [5.74, 6) is -0.770. The molecule has 1 amide bonds. The minimum Gasteiger partial charge on any atom is -0.381 e. The van der Waals surface area contributed by atoms with Crippen molar-refractivity contribution >= 4 is 5.91 Å². The van der Waals surface area contributed by atoms with Gasteiger partial charge in [-0.05, 0) is 36.8 Å². The molecule has 0 aliphatic carbocycles. The standard InChI is InChI=1S/C15H19F2NO2/c16-13-3-1-12(14(17)9-13)2-4-15(19)18-7-5-11-6-8-20-10-11/h1,3,9,11H,2,4-8,10H2,(H,18,19). The Kier molecular flexibility index (Phi) is 5.47. The van der Waals surface area contributed by atoms with Gasteiger partial charge in [0.25, 0.3) is 0 Å². The quantitative estimate of drug-likeness (QED) is 0.871. The molecule has 110 valence electrons. The molecule has 1 fully saturated rings. The second-order valence-corrected chi connectivity index (χ2v) is 5.10. The second-order valence-electron chi connectivity index (χ2n) is 5.10. The minimum atomic E-state index is -0.602. The first-order valence-corrected chi connectivity index (χ1v) is 6.93. The first kappa shape index (κ1) is 14.9. The van der Waals surface area contributed by atoms with E-state index < -0.39 is 11.6 Å². The Morgan fingerprint density at radius 3 is 2.95 bits per heavy atom. The fourth-order valence-corrected chi connectivity index (χ4v) is 2.29. The zero-order chi connectivity index (χ0) is 14.4. The van der Waals surface area contributed by atoms with Crippen LogP contribution in [-0.4, -0.2) is 25.7 Å². The maximum atomic E-state index is 13.4. The van der Waals surface area contributed by atoms with Gasteiger partial charge in [0.1, 0.15) is 11.6 Å². The van der Waals surface area contributed by atoms with E-state index in [-0.39, 0.29) is 18.7 Å². The molecule has 1 aliphatic heterocycles. The summed E-state index contributed by atoms with van der Waals surface area (Å²) in [5.41, 5.74) is 0.366. The molecule has 1 aromatic rings. The molecular weight excluding hydrogens is 264 g/mol. The predicted octanol–water partition coefficient (Wildman–Crippen LogP) is 2.44. The van der Waals surface area contributed by atoms with Crippen LogP contribution >= 0.6 is 0 Å². The van der Waals surface area contributed by atoms with Crippen molar-refractivity contribution in [3.63, 3.8) is 0 Å². The van der Waals surface area contributed by atoms with Gasteiger partial charge in [-0.15, -0.1) is 0 Å². The third-order valence-corrected chi connectivity index (χ3v) is 3.54. The van der Waals surface area contributed by atoms with Crippen LogP contribution in [0.4, 0.5) is 8.78 Å². The lowest BCUT2D eigenvalue weighted by Crippen LogP contribution is -2.26. The van der Waals surface area contributed by atoms with Gasteiger partial charge >= 0.3 is 0 Å². The molecule has 1 aliphatic rings. The van der Waals surface area contributed by atoms with E-state index in [1.165, 1.54) is 12.1 Å². The van der Waals surface area contributed by atoms with Gasteiger partial charge < -0.3 is 10.1 Å². The van der Waals surface area contributed by atoms with Crippen LogP contribution in [0.15, 0.2) is 18.2 Å². The Morgan fingerprint density at radius 2 is 2.25 bits per heavy atom. The monoisotopic (exact) mass is 283 g/mol. The largest absolute Gasteiger partial charge is 0.381 e. The van der Waals surface area contributed by atoms with Gasteiger partial charge in [-0.25, -0.2) is 8.78 Å². The average Bonchev–Trinajstić information content (AvgIpc) is 2.91. The number of benzene rings is 1. The van der Waals surface area contributed by atoms with E-state index in [0.29, 0.717) is 18.0 Å². The van der Waals surface area contributed by atoms with Gasteiger partial charge in [-0.3, -0.25) is 4.79 Å². The van der Waals surface area contributed by atoms with Crippen molar-refractivity contribution in [2.24, 2.45) is 5.92 Å². The Labute approximate surface area is 117 Å². The normalized spacial score (nSPS) is 18.2. The number of hydrogen-bond acceptors (Lipinski definition) is 2. The molecule has 2 rings (SSSR count). The lowest BCUT2D eigenvalue weighted by Gasteiger charge is -2.09. The summed E-state index contributed by atoms with van der Waals surface area (Å²) < 4.78 is 31.4. The van der Waals surface area contributed by atoms with Crippen LogP contribution in [-0.2, 0) is 16.0 Å². The Hall–Kier alpha value is -1.49. The van der Waals surface area contributed by atoms with Crippen molar-refractivity contribution in [1.29, 1.82) is 0 Å². The molecule has 20 heavy (non-hydrogen) atoms. The molecule has 0 bridgehead atoms. The van der Waals surface area contributed by atoms with E-state index >= 15 is 0 Å². The molecule has 5 heteroatoms. The maximum absolute atomic E-state index is 13.4. The molecule has 3 nitrogen and oxygen atoms in total. The average molecular weight is 283 g/mol. The molecule has 0 radical (unpaired) electrons. The lowest BCUT2D eigenvalue weighted by atomic mass is 10.1. The van der Waals surface area contributed by atoms with Gasteiger partial charge in [-0.2, -0.15) is 0 Å². The fourth-order valence-electron chi connectivity index (χ4n) is 2.29. The van der Waals surface area contributed by atoms with E-state index in [1.54, 1.807) is 0 Å². The Balaban J connectivity index is 1.66. The molecule has 1 saturated heterocycles. The van der Waals surface area contributed by atoms with Crippen LogP contribution in [0.25, 0.3) is 0 Å². The number of carbonyl (C=O) groups excluding carboxylic acids is 1. The Bertz CT molecular complexity index is 459. The lowest BCUT2D eigenvalue weighted by molar-refractivity contribution is -0.121. The van der Waals surface area contributed by atoms with Crippen LogP contribution in [0.5, 0.6) is 0 Å². The summed E-state index contributed by atoms with van der Waals surface area (Å²) in [5, 5.41) is 2.82. The summed E-state index contributed by atoms with van der Waals surface area (Å²) >= 11 is 0. The molecular formula is C15H19F2NO2. The van der Waals surface area contributed by atoms with Crippen LogP contribution in [0.1, 0.15) is 24.8 Å². The topological polar surface area (TPSA) is 38.3 Å². The van der Waals surface area contributed by atoms with E-state index in [2.05, 4.69) is 5.32 Å². The maximum Gasteiger partial charge on any atom is 0.220 e. The SMILES string of the molecule is O=C(CCc1ccc(F)cc1F)NCCC1CCOC1. The number of aryl methyl sites for hydroxylation is 1. The highest BCUT2D eigenvalue weighted by Gasteiger charge is 2.15. The van der Waals surface area contributed by atoms with Crippen molar-refractivity contribution < 1.29 is 18.3 Å². The van der Waals surface area contributed by atoms with Crippen LogP contribution in [0.3, 0.4) is 0 Å². The zero-order valence-corrected chi connectivity index (χ0v) is 11.3. The van der Waals surface area contributed by atoms with E-state index in [4.69, 9.17) is 4.74 Å². The smallest absolute Gasteiger partial charge is 0.220 e. The first-order valence-electron chi connectivity index (χ1n) is 6.93. The number of amides is 1. The van der Waals surface area contributed by atoms with Crippen molar-refractivity contribution in [2.45, 2.75) is 25.7 Å². The molecule has 1 unspecified atom stereocenters. The fraction of sp³-hybridized carbons (Fsp3) is 0.533. The summed E-state index contributed by atoms with van der Waals surface area (Å²) in [7, 11) is 0. The first-order chi connectivity index (χ1) is 9.65. The number of rotatable bonds is 6. The van der Waals surface area contributed by atoms with Crippen LogP contribution in [0, 0.1) is 17.6 Å². The summed E-state index contributed by atoms with van der Waals surface area (Å²) in [6.45, 7) is 2.21. The van der Waals surface area contributed by atoms with Gasteiger partial charge in [0.2, 0.25) is 5.91 Å². The van der Waals surface area contributed by atoms with E-state index in [0.717, 1.165) is 32.1 Å². The Morgan fingerprint density at radius 1 is 1.40 bits per heavy atom. The third-order valence-electron chi connectivity index (χ3n) is 3.54. The number of ether oxygens (including phenoxy) is 1. The molecule has 1 atom stereocenters. The molecule has 1 heterocycles. The van der Waals surface area contributed by atoms with Gasteiger partial charge in [0.15, 0.2) is 0 Å². The van der Waals surface area contributed by atoms with Gasteiger partial charge in [-0.1, -0.05) is 6.07 Å². The van der Waals surface area contributed by atoms with Crippen molar-refractivity contribution in [2.75, 3.05) is 19.8 Å². The van der Waals surface area contributed by atoms with E-state index in [9.17, 15) is 13.6 Å². The second kappa shape index (κ2) is 7.33. The molecule has 0 saturated carbocycles. The van der Waals surface area contributed by atoms with Crippen molar-refractivity contribution in [3.05, 3.63) is 35.4 Å². The zero-order valence-electron chi connectivity index (χ0n) is 11.3. The highest BCUT2D eigenvalue weighted by Crippen LogP contribution is 2.15. The van der Waals surface area contributed by atoms with Crippen molar-refractivity contribution in [3.8, 4) is 0 Å². The summed E-state index contributed by atoms with van der Waals surface area (Å²) in [6, 6.07) is 3.43. The molecule has 0 spiro atoms. The number of carbonyl (C=O) groups is 1. The molecule has 1 N–H and O–H groups in total.